The normalized spacial score (nSPS) is 35.3. The number of nitrogens with two attached hydrogens (primary N) is 1. The van der Waals surface area contributed by atoms with E-state index in [9.17, 15) is 0 Å². The molecule has 1 fully saturated rings. The summed E-state index contributed by atoms with van der Waals surface area (Å²) in [6.07, 6.45) is 1.24. The van der Waals surface area contributed by atoms with Gasteiger partial charge in [-0.3, -0.25) is 0 Å². The van der Waals surface area contributed by atoms with Gasteiger partial charge in [0.25, 0.3) is 0 Å². The zero-order valence-electron chi connectivity index (χ0n) is 5.71. The van der Waals surface area contributed by atoms with Crippen molar-refractivity contribution in [1.82, 2.24) is 0 Å². The first-order valence-corrected chi connectivity index (χ1v) is 3.28. The first-order valence-electron chi connectivity index (χ1n) is 3.28. The average Bonchev–Trinajstić information content (AvgIpc) is 1.77. The summed E-state index contributed by atoms with van der Waals surface area (Å²) in [5.74, 6) is 1.20. The van der Waals surface area contributed by atoms with Crippen molar-refractivity contribution in [3.63, 3.8) is 0 Å². The molecule has 0 spiro atoms. The van der Waals surface area contributed by atoms with E-state index in [2.05, 4.69) is 19.2 Å². The van der Waals surface area contributed by atoms with Gasteiger partial charge in [0, 0.05) is 6.54 Å². The van der Waals surface area contributed by atoms with Crippen LogP contribution in [0.5, 0.6) is 0 Å². The molecule has 1 nitrogen and oxygen atoms in total. The van der Waals surface area contributed by atoms with Crippen LogP contribution in [0, 0.1) is 25.7 Å². The third kappa shape index (κ3) is 2.85. The van der Waals surface area contributed by atoms with Gasteiger partial charge in [0.15, 0.2) is 0 Å². The van der Waals surface area contributed by atoms with E-state index in [0.717, 1.165) is 0 Å². The minimum atomic E-state index is 0. The van der Waals surface area contributed by atoms with Crippen molar-refractivity contribution in [2.75, 3.05) is 13.1 Å². The molecule has 1 aliphatic heterocycles. The quantitative estimate of drug-likeness (QED) is 0.418. The third-order valence-electron chi connectivity index (χ3n) is 1.88. The molecule has 0 aromatic heterocycles. The van der Waals surface area contributed by atoms with E-state index in [1.54, 1.807) is 0 Å². The SMILES string of the molecule is [CH2-]C1CC[NH2+]CC1[CH2-].[Nb+2]. The van der Waals surface area contributed by atoms with Crippen molar-refractivity contribution < 1.29 is 27.7 Å². The molecule has 51 valence electrons. The van der Waals surface area contributed by atoms with Crippen molar-refractivity contribution >= 4 is 0 Å². The monoisotopic (exact) mass is 205 g/mol. The number of quaternary nitrogens is 1. The van der Waals surface area contributed by atoms with Crippen LogP contribution in [-0.4, -0.2) is 13.1 Å². The van der Waals surface area contributed by atoms with Gasteiger partial charge in [-0.2, -0.15) is 5.92 Å². The van der Waals surface area contributed by atoms with Crippen molar-refractivity contribution in [2.45, 2.75) is 6.42 Å². The smallest absolute Gasteiger partial charge is 0.348 e. The fraction of sp³-hybridized carbons (Fsp3) is 0.714. The molecule has 0 bridgehead atoms. The standard InChI is InChI=1S/C7H13N.Nb/c1-6-3-4-8-5-7(6)2;/h6-8H,1-5H2;/q-2;+2/p+1. The van der Waals surface area contributed by atoms with Crippen LogP contribution in [0.4, 0.5) is 0 Å². The minimum absolute atomic E-state index is 0. The zero-order chi connectivity index (χ0) is 5.98. The number of piperidine rings is 1. The molecule has 2 unspecified atom stereocenters. The molecule has 2 heteroatoms. The second-order valence-electron chi connectivity index (χ2n) is 2.62. The number of hydrogen-bond donors (Lipinski definition) is 1. The minimum Gasteiger partial charge on any atom is -0.348 e. The maximum Gasteiger partial charge on any atom is 2.00 e. The van der Waals surface area contributed by atoms with Crippen LogP contribution in [0.15, 0.2) is 0 Å². The van der Waals surface area contributed by atoms with Gasteiger partial charge in [0.2, 0.25) is 0 Å². The molecule has 1 rings (SSSR count). The fourth-order valence-corrected chi connectivity index (χ4v) is 1.09. The van der Waals surface area contributed by atoms with Crippen molar-refractivity contribution in [2.24, 2.45) is 11.8 Å². The largest absolute Gasteiger partial charge is 2.00 e. The summed E-state index contributed by atoms with van der Waals surface area (Å²) in [4.78, 5) is 0. The van der Waals surface area contributed by atoms with Crippen LogP contribution in [0.1, 0.15) is 6.42 Å². The van der Waals surface area contributed by atoms with Gasteiger partial charge in [0.05, 0.1) is 6.54 Å². The van der Waals surface area contributed by atoms with Crippen molar-refractivity contribution in [3.8, 4) is 0 Å². The van der Waals surface area contributed by atoms with E-state index >= 15 is 0 Å². The number of rotatable bonds is 0. The molecule has 0 aromatic rings. The van der Waals surface area contributed by atoms with Gasteiger partial charge in [0.1, 0.15) is 0 Å². The Morgan fingerprint density at radius 2 is 1.89 bits per heavy atom. The molecular formula is C7H14NNb+. The van der Waals surface area contributed by atoms with Gasteiger partial charge in [-0.05, 0) is 6.42 Å². The Hall–Kier alpha value is 0.700. The Bertz CT molecular complexity index is 65.3. The summed E-state index contributed by atoms with van der Waals surface area (Å²) in [7, 11) is 0. The topological polar surface area (TPSA) is 16.6 Å². The van der Waals surface area contributed by atoms with Crippen molar-refractivity contribution in [1.29, 1.82) is 0 Å². The number of hydrogen-bond acceptors (Lipinski definition) is 0. The summed E-state index contributed by atoms with van der Waals surface area (Å²) in [6.45, 7) is 10.4. The molecular weight excluding hydrogens is 191 g/mol. The van der Waals surface area contributed by atoms with Gasteiger partial charge in [-0.15, -0.1) is 5.92 Å². The average molecular weight is 205 g/mol. The van der Waals surface area contributed by atoms with Crippen LogP contribution in [0.25, 0.3) is 0 Å². The molecule has 1 heterocycles. The zero-order valence-corrected chi connectivity index (χ0v) is 7.91. The summed E-state index contributed by atoms with van der Waals surface area (Å²) >= 11 is 0. The van der Waals surface area contributed by atoms with E-state index in [-0.39, 0.29) is 22.4 Å². The third-order valence-corrected chi connectivity index (χ3v) is 1.88. The van der Waals surface area contributed by atoms with Crippen LogP contribution in [-0.2, 0) is 22.4 Å². The molecule has 9 heavy (non-hydrogen) atoms. The Morgan fingerprint density at radius 1 is 1.22 bits per heavy atom. The fourth-order valence-electron chi connectivity index (χ4n) is 1.09. The van der Waals surface area contributed by atoms with Crippen molar-refractivity contribution in [3.05, 3.63) is 13.8 Å². The Kier molecular flexibility index (Phi) is 4.86. The molecule has 1 aliphatic rings. The Labute approximate surface area is 73.1 Å². The molecule has 1 radical (unpaired) electrons. The van der Waals surface area contributed by atoms with E-state index < -0.39 is 0 Å². The van der Waals surface area contributed by atoms with E-state index in [4.69, 9.17) is 0 Å². The second-order valence-corrected chi connectivity index (χ2v) is 2.62. The maximum atomic E-state index is 4.00. The molecule has 0 amide bonds. The van der Waals surface area contributed by atoms with Crippen LogP contribution < -0.4 is 5.32 Å². The Balaban J connectivity index is 0.000000640. The summed E-state index contributed by atoms with van der Waals surface area (Å²) in [5.41, 5.74) is 0. The van der Waals surface area contributed by atoms with E-state index in [0.29, 0.717) is 11.8 Å². The predicted molar refractivity (Wildman–Crippen MR) is 34.0 cm³/mol. The van der Waals surface area contributed by atoms with Gasteiger partial charge in [-0.25, -0.2) is 0 Å². The molecule has 2 N–H and O–H groups in total. The summed E-state index contributed by atoms with van der Waals surface area (Å²) in [6, 6.07) is 0. The summed E-state index contributed by atoms with van der Waals surface area (Å²) in [5, 5.41) is 2.32. The molecule has 0 saturated carbocycles. The summed E-state index contributed by atoms with van der Waals surface area (Å²) < 4.78 is 0. The van der Waals surface area contributed by atoms with E-state index in [1.807, 2.05) is 0 Å². The van der Waals surface area contributed by atoms with Gasteiger partial charge < -0.3 is 19.2 Å². The molecule has 2 atom stereocenters. The second kappa shape index (κ2) is 4.51. The maximum absolute atomic E-state index is 4.00. The Morgan fingerprint density at radius 3 is 2.22 bits per heavy atom. The first kappa shape index (κ1) is 9.70. The van der Waals surface area contributed by atoms with E-state index in [1.165, 1.54) is 19.5 Å². The van der Waals surface area contributed by atoms with Crippen LogP contribution in [0.2, 0.25) is 0 Å². The van der Waals surface area contributed by atoms with Gasteiger partial charge >= 0.3 is 22.4 Å². The first-order chi connectivity index (χ1) is 3.80. The predicted octanol–water partition coefficient (Wildman–Crippen LogP) is -0.148. The molecule has 0 aromatic carbocycles. The van der Waals surface area contributed by atoms with Crippen LogP contribution in [0.3, 0.4) is 0 Å². The van der Waals surface area contributed by atoms with Crippen LogP contribution >= 0.6 is 0 Å². The molecule has 0 aliphatic carbocycles. The molecule has 1 saturated heterocycles. The van der Waals surface area contributed by atoms with Gasteiger partial charge in [-0.1, -0.05) is 0 Å².